The summed E-state index contributed by atoms with van der Waals surface area (Å²) in [4.78, 5) is 6.81. The molecule has 0 amide bonds. The molecule has 1 aliphatic rings. The first-order valence-corrected chi connectivity index (χ1v) is 7.53. The van der Waals surface area contributed by atoms with Crippen LogP contribution in [0.1, 0.15) is 31.4 Å². The average molecular weight is 294 g/mol. The van der Waals surface area contributed by atoms with Crippen molar-refractivity contribution in [3.63, 3.8) is 0 Å². The summed E-state index contributed by atoms with van der Waals surface area (Å²) in [7, 11) is 2.07. The van der Waals surface area contributed by atoms with Crippen molar-refractivity contribution in [1.82, 2.24) is 14.3 Å². The first kappa shape index (κ1) is 13.9. The third-order valence-corrected chi connectivity index (χ3v) is 4.36. The summed E-state index contributed by atoms with van der Waals surface area (Å²) < 4.78 is 1.95. The predicted octanol–water partition coefficient (Wildman–Crippen LogP) is 2.72. The van der Waals surface area contributed by atoms with Gasteiger partial charge in [0.2, 0.25) is 0 Å². The highest BCUT2D eigenvalue weighted by Gasteiger charge is 2.26. The molecular formula is C15H20ClN3O. The summed E-state index contributed by atoms with van der Waals surface area (Å²) in [5, 5.41) is 10.8. The Morgan fingerprint density at radius 2 is 2.15 bits per heavy atom. The van der Waals surface area contributed by atoms with Gasteiger partial charge in [0.05, 0.1) is 16.8 Å². The number of hydrogen-bond acceptors (Lipinski definition) is 3. The molecule has 2 unspecified atom stereocenters. The van der Waals surface area contributed by atoms with Crippen LogP contribution in [0.2, 0.25) is 5.02 Å². The fourth-order valence-electron chi connectivity index (χ4n) is 3.07. The van der Waals surface area contributed by atoms with Crippen molar-refractivity contribution in [3.8, 4) is 0 Å². The van der Waals surface area contributed by atoms with E-state index in [1.165, 1.54) is 6.42 Å². The third kappa shape index (κ3) is 2.82. The molecule has 5 heteroatoms. The van der Waals surface area contributed by atoms with Gasteiger partial charge >= 0.3 is 0 Å². The number of likely N-dealkylation sites (N-methyl/N-ethyl adjacent to an activating group) is 1. The van der Waals surface area contributed by atoms with Crippen molar-refractivity contribution in [3.05, 3.63) is 35.2 Å². The van der Waals surface area contributed by atoms with Crippen molar-refractivity contribution in [2.24, 2.45) is 0 Å². The van der Waals surface area contributed by atoms with Crippen LogP contribution in [0.3, 0.4) is 0 Å². The number of pyridine rings is 1. The van der Waals surface area contributed by atoms with E-state index in [2.05, 4.69) is 16.9 Å². The topological polar surface area (TPSA) is 40.8 Å². The molecule has 2 aromatic heterocycles. The van der Waals surface area contributed by atoms with E-state index in [1.807, 2.05) is 28.9 Å². The van der Waals surface area contributed by atoms with Crippen LogP contribution in [-0.2, 0) is 6.54 Å². The summed E-state index contributed by atoms with van der Waals surface area (Å²) in [5.74, 6) is 0. The summed E-state index contributed by atoms with van der Waals surface area (Å²) in [5.41, 5.74) is 1.91. The number of imidazole rings is 1. The van der Waals surface area contributed by atoms with E-state index in [0.717, 1.165) is 37.1 Å². The lowest BCUT2D eigenvalue weighted by Crippen LogP contribution is -2.42. The largest absolute Gasteiger partial charge is 0.391 e. The van der Waals surface area contributed by atoms with Gasteiger partial charge in [-0.3, -0.25) is 4.90 Å². The van der Waals surface area contributed by atoms with Gasteiger partial charge in [0.25, 0.3) is 0 Å². The van der Waals surface area contributed by atoms with E-state index >= 15 is 0 Å². The van der Waals surface area contributed by atoms with Crippen molar-refractivity contribution >= 4 is 17.2 Å². The van der Waals surface area contributed by atoms with Crippen LogP contribution in [0.15, 0.2) is 24.5 Å². The van der Waals surface area contributed by atoms with Crippen LogP contribution in [-0.4, -0.2) is 38.6 Å². The van der Waals surface area contributed by atoms with Gasteiger partial charge in [-0.05, 0) is 32.0 Å². The second-order valence-electron chi connectivity index (χ2n) is 5.68. The molecule has 3 rings (SSSR count). The smallest absolute Gasteiger partial charge is 0.137 e. The number of hydrogen-bond donors (Lipinski definition) is 1. The molecule has 0 spiro atoms. The minimum atomic E-state index is -0.208. The molecule has 1 saturated carbocycles. The van der Waals surface area contributed by atoms with Crippen molar-refractivity contribution < 1.29 is 5.11 Å². The molecule has 108 valence electrons. The lowest BCUT2D eigenvalue weighted by molar-refractivity contribution is 0.0284. The second kappa shape index (κ2) is 5.72. The molecule has 0 aromatic carbocycles. The van der Waals surface area contributed by atoms with Gasteiger partial charge in [0.1, 0.15) is 5.65 Å². The van der Waals surface area contributed by atoms with E-state index in [1.54, 1.807) is 0 Å². The lowest BCUT2D eigenvalue weighted by Gasteiger charge is -2.34. The quantitative estimate of drug-likeness (QED) is 0.946. The molecule has 1 N–H and O–H groups in total. The maximum Gasteiger partial charge on any atom is 0.137 e. The minimum Gasteiger partial charge on any atom is -0.391 e. The Bertz CT molecular complexity index is 598. The molecule has 20 heavy (non-hydrogen) atoms. The Kier molecular flexibility index (Phi) is 3.96. The number of nitrogens with zero attached hydrogens (tertiary/aromatic N) is 3. The van der Waals surface area contributed by atoms with E-state index in [4.69, 9.17) is 11.6 Å². The molecule has 0 saturated heterocycles. The summed E-state index contributed by atoms with van der Waals surface area (Å²) in [6, 6.07) is 4.01. The van der Waals surface area contributed by atoms with Gasteiger partial charge in [-0.25, -0.2) is 4.98 Å². The molecule has 2 atom stereocenters. The zero-order chi connectivity index (χ0) is 14.1. The molecular weight excluding hydrogens is 274 g/mol. The van der Waals surface area contributed by atoms with Crippen molar-refractivity contribution in [2.75, 3.05) is 7.05 Å². The lowest BCUT2D eigenvalue weighted by atomic mass is 9.91. The molecule has 0 radical (unpaired) electrons. The van der Waals surface area contributed by atoms with Gasteiger partial charge in [-0.15, -0.1) is 0 Å². The highest BCUT2D eigenvalue weighted by Crippen LogP contribution is 2.23. The number of fused-ring (bicyclic) bond motifs is 1. The fourth-order valence-corrected chi connectivity index (χ4v) is 3.24. The number of aliphatic hydroxyl groups excluding tert-OH is 1. The zero-order valence-electron chi connectivity index (χ0n) is 11.7. The highest BCUT2D eigenvalue weighted by atomic mass is 35.5. The van der Waals surface area contributed by atoms with Gasteiger partial charge < -0.3 is 9.51 Å². The number of aromatic nitrogens is 2. The third-order valence-electron chi connectivity index (χ3n) is 4.14. The second-order valence-corrected chi connectivity index (χ2v) is 6.12. The predicted molar refractivity (Wildman–Crippen MR) is 79.9 cm³/mol. The highest BCUT2D eigenvalue weighted by molar-refractivity contribution is 6.30. The Hall–Kier alpha value is -1.10. The van der Waals surface area contributed by atoms with Crippen molar-refractivity contribution in [2.45, 2.75) is 44.4 Å². The van der Waals surface area contributed by atoms with Crippen LogP contribution >= 0.6 is 11.6 Å². The molecule has 0 aliphatic heterocycles. The Morgan fingerprint density at radius 3 is 2.95 bits per heavy atom. The van der Waals surface area contributed by atoms with Crippen LogP contribution in [0.4, 0.5) is 0 Å². The number of aliphatic hydroxyl groups is 1. The molecule has 4 nitrogen and oxygen atoms in total. The minimum absolute atomic E-state index is 0.208. The van der Waals surface area contributed by atoms with Crippen LogP contribution < -0.4 is 0 Å². The summed E-state index contributed by atoms with van der Waals surface area (Å²) in [6.07, 6.45) is 7.98. The van der Waals surface area contributed by atoms with Gasteiger partial charge in [-0.2, -0.15) is 0 Å². The van der Waals surface area contributed by atoms with Gasteiger partial charge in [-0.1, -0.05) is 24.4 Å². The Morgan fingerprint density at radius 1 is 1.35 bits per heavy atom. The van der Waals surface area contributed by atoms with Crippen LogP contribution in [0, 0.1) is 0 Å². The van der Waals surface area contributed by atoms with E-state index in [-0.39, 0.29) is 12.1 Å². The molecule has 0 bridgehead atoms. The SMILES string of the molecule is CN(Cc1cn2cc(Cl)ccc2n1)C1CCCCC1O. The molecule has 1 aliphatic carbocycles. The molecule has 2 heterocycles. The van der Waals surface area contributed by atoms with E-state index < -0.39 is 0 Å². The normalized spacial score (nSPS) is 23.6. The Labute approximate surface area is 124 Å². The summed E-state index contributed by atoms with van der Waals surface area (Å²) in [6.45, 7) is 0.751. The molecule has 2 aromatic rings. The molecule has 1 fully saturated rings. The van der Waals surface area contributed by atoms with E-state index in [9.17, 15) is 5.11 Å². The Balaban J connectivity index is 1.75. The number of halogens is 1. The maximum absolute atomic E-state index is 10.1. The van der Waals surface area contributed by atoms with E-state index in [0.29, 0.717) is 5.02 Å². The van der Waals surface area contributed by atoms with Crippen LogP contribution in [0.25, 0.3) is 5.65 Å². The van der Waals surface area contributed by atoms with Crippen molar-refractivity contribution in [1.29, 1.82) is 0 Å². The first-order chi connectivity index (χ1) is 9.63. The maximum atomic E-state index is 10.1. The van der Waals surface area contributed by atoms with Gasteiger partial charge in [0, 0.05) is 25.0 Å². The van der Waals surface area contributed by atoms with Crippen LogP contribution in [0.5, 0.6) is 0 Å². The fraction of sp³-hybridized carbons (Fsp3) is 0.533. The average Bonchev–Trinajstić information content (AvgIpc) is 2.80. The monoisotopic (exact) mass is 293 g/mol. The first-order valence-electron chi connectivity index (χ1n) is 7.15. The van der Waals surface area contributed by atoms with Gasteiger partial charge in [0.15, 0.2) is 0 Å². The zero-order valence-corrected chi connectivity index (χ0v) is 12.4. The number of rotatable bonds is 3. The standard InChI is InChI=1S/C15H20ClN3O/c1-18(13-4-2-3-5-14(13)20)9-12-10-19-8-11(16)6-7-15(19)17-12/h6-8,10,13-14,20H,2-5,9H2,1H3. The summed E-state index contributed by atoms with van der Waals surface area (Å²) >= 11 is 5.98.